The van der Waals surface area contributed by atoms with E-state index in [1.807, 2.05) is 48.5 Å². The topological polar surface area (TPSA) is 241 Å². The maximum Gasteiger partial charge on any atom is 0.150 e. The molecule has 624 valence electrons. The van der Waals surface area contributed by atoms with Crippen LogP contribution in [-0.4, -0.2) is 152 Å². The number of allylic oxidation sites excluding steroid dienone is 3. The summed E-state index contributed by atoms with van der Waals surface area (Å²) in [4.78, 5) is 63.9. The second-order valence-corrected chi connectivity index (χ2v) is 34.0. The summed E-state index contributed by atoms with van der Waals surface area (Å²) in [7, 11) is 10.2. The molecule has 14 aromatic rings. The van der Waals surface area contributed by atoms with Crippen molar-refractivity contribution < 1.29 is 33.2 Å². The normalized spacial score (nSPS) is 15.9. The van der Waals surface area contributed by atoms with E-state index in [-0.39, 0.29) is 11.8 Å². The SMILES string of the molecule is C=C(C)C1CC=C(C(CC2=NCCc3c2[nH]c2cc(OC)ccc32)CC2=NCCc3c2[nH]c2cc(OC)ccc32)CC1.COc1ccc2c3c([nH]c2c1)C(CC(CC1=NCCc2c1[nH]c1cc(OC)ccc21)c1ccc(C=O)cc1)=NCC3.COc1ccc2c3c([nH]c2c1)C(CC(CC1=NCCc2c1[nH]c1cc(OC)ccc21)c1ccc(Cl)cc1)=NCC3. The Morgan fingerprint density at radius 3 is 0.846 bits per heavy atom. The zero-order chi connectivity index (χ0) is 83.9. The molecule has 1 atom stereocenters. The van der Waals surface area contributed by atoms with E-state index in [9.17, 15) is 4.79 Å². The quantitative estimate of drug-likeness (QED) is 0.0267. The van der Waals surface area contributed by atoms with Crippen LogP contribution in [0.25, 0.3) is 65.4 Å². The van der Waals surface area contributed by atoms with Gasteiger partial charge in [-0.2, -0.15) is 0 Å². The van der Waals surface area contributed by atoms with Crippen molar-refractivity contribution in [3.8, 4) is 34.5 Å². The summed E-state index contributed by atoms with van der Waals surface area (Å²) in [5.41, 5.74) is 34.4. The molecule has 6 N–H and O–H groups in total. The van der Waals surface area contributed by atoms with E-state index in [2.05, 4.69) is 159 Å². The number of carbonyl (C=O) groups is 1. The molecule has 0 radical (unpaired) electrons. The minimum atomic E-state index is 0.131. The molecular formula is C103H103ClN12O7. The lowest BCUT2D eigenvalue weighted by Crippen LogP contribution is -2.23. The van der Waals surface area contributed by atoms with E-state index in [1.165, 1.54) is 112 Å². The Kier molecular flexibility index (Phi) is 22.5. The number of fused-ring (bicyclic) bond motifs is 18. The third-order valence-electron chi connectivity index (χ3n) is 26.6. The first-order valence-corrected chi connectivity index (χ1v) is 43.6. The lowest BCUT2D eigenvalue weighted by atomic mass is 9.77. The van der Waals surface area contributed by atoms with Crippen LogP contribution in [0.4, 0.5) is 0 Å². The monoisotopic (exact) mass is 1650 g/mol. The highest BCUT2D eigenvalue weighted by molar-refractivity contribution is 6.30. The molecule has 12 heterocycles. The number of aldehydes is 1. The summed E-state index contributed by atoms with van der Waals surface area (Å²) in [5.74, 6) is 6.37. The molecule has 0 bridgehead atoms. The van der Waals surface area contributed by atoms with Crippen molar-refractivity contribution in [2.75, 3.05) is 81.9 Å². The number of aliphatic imine (C=N–C) groups is 6. The Morgan fingerprint density at radius 2 is 0.618 bits per heavy atom. The summed E-state index contributed by atoms with van der Waals surface area (Å²) in [6, 6.07) is 53.9. The number of hydrogen-bond donors (Lipinski definition) is 6. The van der Waals surface area contributed by atoms with Crippen LogP contribution in [-0.2, 0) is 38.5 Å². The Hall–Kier alpha value is -12.7. The van der Waals surface area contributed by atoms with Gasteiger partial charge in [0, 0.05) is 152 Å². The molecule has 1 aliphatic carbocycles. The fraction of sp³-hybridized carbons (Fsp3) is 0.311. The third-order valence-corrected chi connectivity index (χ3v) is 26.8. The Balaban J connectivity index is 0.000000121. The van der Waals surface area contributed by atoms with E-state index in [0.717, 1.165) is 254 Å². The fourth-order valence-electron chi connectivity index (χ4n) is 20.1. The molecule has 0 saturated heterocycles. The molecule has 6 aliphatic heterocycles. The first kappa shape index (κ1) is 80.0. The Morgan fingerprint density at radius 1 is 0.366 bits per heavy atom. The van der Waals surface area contributed by atoms with Crippen LogP contribution < -0.4 is 28.4 Å². The van der Waals surface area contributed by atoms with Crippen molar-refractivity contribution in [1.82, 2.24) is 29.9 Å². The van der Waals surface area contributed by atoms with Crippen LogP contribution >= 0.6 is 11.6 Å². The lowest BCUT2D eigenvalue weighted by molar-refractivity contribution is 0.112. The number of hydrogen-bond acceptors (Lipinski definition) is 13. The van der Waals surface area contributed by atoms with Crippen molar-refractivity contribution in [2.45, 2.75) is 115 Å². The van der Waals surface area contributed by atoms with Crippen LogP contribution in [0.3, 0.4) is 0 Å². The van der Waals surface area contributed by atoms with Crippen molar-refractivity contribution in [3.63, 3.8) is 0 Å². The van der Waals surface area contributed by atoms with E-state index >= 15 is 0 Å². The van der Waals surface area contributed by atoms with Crippen molar-refractivity contribution >= 4 is 118 Å². The predicted molar refractivity (Wildman–Crippen MR) is 500 cm³/mol. The van der Waals surface area contributed by atoms with Crippen molar-refractivity contribution in [2.24, 2.45) is 41.8 Å². The number of nitrogens with one attached hydrogen (secondary N) is 6. The fourth-order valence-corrected chi connectivity index (χ4v) is 20.2. The van der Waals surface area contributed by atoms with Crippen LogP contribution in [0.15, 0.2) is 211 Å². The number of benzene rings is 8. The second kappa shape index (κ2) is 34.6. The molecule has 0 spiro atoms. The van der Waals surface area contributed by atoms with Gasteiger partial charge in [-0.15, -0.1) is 0 Å². The molecule has 1 unspecified atom stereocenters. The zero-order valence-electron chi connectivity index (χ0n) is 71.0. The molecule has 8 aromatic carbocycles. The maximum absolute atomic E-state index is 11.4. The van der Waals surface area contributed by atoms with Gasteiger partial charge in [-0.05, 0) is 256 Å². The Bertz CT molecular complexity index is 6360. The van der Waals surface area contributed by atoms with Gasteiger partial charge in [0.15, 0.2) is 0 Å². The number of aromatic nitrogens is 6. The summed E-state index contributed by atoms with van der Waals surface area (Å²) in [6.07, 6.45) is 17.3. The van der Waals surface area contributed by atoms with Gasteiger partial charge in [-0.1, -0.05) is 71.8 Å². The highest BCUT2D eigenvalue weighted by Crippen LogP contribution is 2.44. The van der Waals surface area contributed by atoms with Gasteiger partial charge in [-0.25, -0.2) is 0 Å². The number of rotatable bonds is 23. The van der Waals surface area contributed by atoms with Gasteiger partial charge in [0.25, 0.3) is 0 Å². The first-order valence-electron chi connectivity index (χ1n) is 43.3. The van der Waals surface area contributed by atoms with Crippen molar-refractivity contribution in [1.29, 1.82) is 0 Å². The molecule has 0 fully saturated rings. The van der Waals surface area contributed by atoms with Crippen LogP contribution in [0.1, 0.15) is 166 Å². The Labute approximate surface area is 720 Å². The number of H-pyrrole nitrogens is 6. The average molecular weight is 1660 g/mol. The highest BCUT2D eigenvalue weighted by atomic mass is 35.5. The van der Waals surface area contributed by atoms with Gasteiger partial charge in [0.2, 0.25) is 0 Å². The number of carbonyl (C=O) groups excluding carboxylic acids is 1. The van der Waals surface area contributed by atoms with Gasteiger partial charge >= 0.3 is 0 Å². The van der Waals surface area contributed by atoms with Crippen molar-refractivity contribution in [3.05, 3.63) is 271 Å². The molecule has 21 rings (SSSR count). The first-order chi connectivity index (χ1) is 60.3. The van der Waals surface area contributed by atoms with E-state index < -0.39 is 0 Å². The molecule has 7 aliphatic rings. The van der Waals surface area contributed by atoms with Crippen LogP contribution in [0.5, 0.6) is 34.5 Å². The predicted octanol–water partition coefficient (Wildman–Crippen LogP) is 21.5. The lowest BCUT2D eigenvalue weighted by Gasteiger charge is -2.29. The third kappa shape index (κ3) is 15.9. The highest BCUT2D eigenvalue weighted by Gasteiger charge is 2.34. The minimum Gasteiger partial charge on any atom is -0.497 e. The number of nitrogens with zero attached hydrogens (tertiary/aromatic N) is 6. The molecule has 20 heteroatoms. The number of methoxy groups -OCH3 is 6. The standard InChI is InChI=1S/C36H40N4O2.C34H32N4O3.C33H31ClN4O2/c1-21(2)22-5-7-23(8-6-22)24(17-33-35-29(13-15-37-33)27-11-9-25(41-3)19-31(27)39-35)18-34-36-30(14-16-38-34)28-12-10-26(42-4)20-32(28)40-36;1-40-23-7-9-25-27-11-13-35-31(33(27)37-29(25)17-23)15-22(21-5-3-20(19-39)4-6-21)16-32-34-28(12-14-36-32)26-10-8-24(41-2)18-30(26)38-34;1-39-22-7-9-24-26-11-13-35-30(32(26)37-28(24)17-22)15-20(19-3-5-21(34)6-4-19)16-31-33-27(12-14-36-31)25-10-8-23(40-2)18-29(25)38-33/h7,9-12,19-20,22,24,39-40H,1,5-6,8,13-18H2,2-4H3;3-10,17-19,22,37-38H,11-16H2,1-2H3;3-10,17-18,20,37-38H,11-16H2,1-2H3. The van der Waals surface area contributed by atoms with E-state index in [0.29, 0.717) is 17.4 Å². The molecule has 123 heavy (non-hydrogen) atoms. The molecule has 0 saturated carbocycles. The van der Waals surface area contributed by atoms with Crippen LogP contribution in [0, 0.1) is 11.8 Å². The summed E-state index contributed by atoms with van der Waals surface area (Å²) >= 11 is 6.30. The van der Waals surface area contributed by atoms with Gasteiger partial charge < -0.3 is 58.3 Å². The molecule has 0 amide bonds. The van der Waals surface area contributed by atoms with Gasteiger partial charge in [-0.3, -0.25) is 34.7 Å². The number of ether oxygens (including phenoxy) is 6. The summed E-state index contributed by atoms with van der Waals surface area (Å²) in [6.45, 7) is 11.2. The van der Waals surface area contributed by atoms with E-state index in [4.69, 9.17) is 70.0 Å². The van der Waals surface area contributed by atoms with E-state index in [1.54, 1.807) is 48.2 Å². The smallest absolute Gasteiger partial charge is 0.150 e. The number of halogens is 1. The zero-order valence-corrected chi connectivity index (χ0v) is 71.7. The minimum absolute atomic E-state index is 0.131. The largest absolute Gasteiger partial charge is 0.497 e. The molecule has 19 nitrogen and oxygen atoms in total. The number of aromatic amines is 6. The summed E-state index contributed by atoms with van der Waals surface area (Å²) < 4.78 is 32.9. The average Bonchev–Trinajstić information content (AvgIpc) is 1.64. The second-order valence-electron chi connectivity index (χ2n) is 33.6. The maximum atomic E-state index is 11.4. The molecule has 6 aromatic heterocycles. The van der Waals surface area contributed by atoms with Crippen LogP contribution in [0.2, 0.25) is 5.02 Å². The summed E-state index contributed by atoms with van der Waals surface area (Å²) in [5, 5.41) is 8.27. The molecular weight excluding hydrogens is 1550 g/mol. The van der Waals surface area contributed by atoms with Gasteiger partial charge in [0.05, 0.1) is 111 Å². The van der Waals surface area contributed by atoms with Gasteiger partial charge in [0.1, 0.15) is 40.8 Å².